The SMILES string of the molecule is Cc1ccsc1[C@@H]1N=c2ccccc2=C2C(=O)NC(SCc3ccccc3)=NN21. The molecule has 2 aliphatic heterocycles. The minimum Gasteiger partial charge on any atom is -0.298 e. The number of nitrogens with one attached hydrogen (secondary N) is 1. The number of hydrogen-bond acceptors (Lipinski definition) is 6. The topological polar surface area (TPSA) is 57.1 Å². The molecule has 0 saturated heterocycles. The second-order valence-corrected chi connectivity index (χ2v) is 8.73. The number of rotatable bonds is 3. The highest BCUT2D eigenvalue weighted by Crippen LogP contribution is 2.35. The number of hydrazone groups is 1. The lowest BCUT2D eigenvalue weighted by atomic mass is 10.1. The summed E-state index contributed by atoms with van der Waals surface area (Å²) in [6.45, 7) is 2.07. The molecule has 0 bridgehead atoms. The molecule has 2 aliphatic rings. The van der Waals surface area contributed by atoms with Gasteiger partial charge in [0.2, 0.25) is 0 Å². The van der Waals surface area contributed by atoms with Gasteiger partial charge in [0.05, 0.1) is 10.2 Å². The molecule has 29 heavy (non-hydrogen) atoms. The van der Waals surface area contributed by atoms with Crippen LogP contribution in [-0.4, -0.2) is 16.1 Å². The third-order valence-electron chi connectivity index (χ3n) is 4.87. The van der Waals surface area contributed by atoms with Crippen molar-refractivity contribution in [1.29, 1.82) is 0 Å². The Morgan fingerprint density at radius 2 is 1.90 bits per heavy atom. The molecule has 2 aromatic carbocycles. The maximum Gasteiger partial charge on any atom is 0.276 e. The monoisotopic (exact) mass is 418 g/mol. The molecule has 0 spiro atoms. The number of benzene rings is 2. The van der Waals surface area contributed by atoms with Crippen molar-refractivity contribution in [2.45, 2.75) is 18.8 Å². The molecule has 0 aliphatic carbocycles. The van der Waals surface area contributed by atoms with Crippen LogP contribution in [0.25, 0.3) is 5.70 Å². The molecule has 1 aromatic heterocycles. The van der Waals surface area contributed by atoms with Gasteiger partial charge >= 0.3 is 0 Å². The van der Waals surface area contributed by atoms with Gasteiger partial charge < -0.3 is 0 Å². The van der Waals surface area contributed by atoms with E-state index in [0.29, 0.717) is 10.9 Å². The number of thiophene rings is 1. The lowest BCUT2D eigenvalue weighted by Gasteiger charge is -2.33. The Labute approximate surface area is 176 Å². The van der Waals surface area contributed by atoms with E-state index in [1.807, 2.05) is 42.5 Å². The highest BCUT2D eigenvalue weighted by Gasteiger charge is 2.35. The van der Waals surface area contributed by atoms with Crippen LogP contribution in [0.2, 0.25) is 0 Å². The molecule has 0 saturated carbocycles. The Balaban J connectivity index is 1.58. The van der Waals surface area contributed by atoms with Gasteiger partial charge in [-0.1, -0.05) is 60.3 Å². The predicted octanol–water partition coefficient (Wildman–Crippen LogP) is 3.13. The maximum atomic E-state index is 13.1. The minimum absolute atomic E-state index is 0.142. The van der Waals surface area contributed by atoms with Crippen molar-refractivity contribution in [1.82, 2.24) is 10.3 Å². The first-order valence-electron chi connectivity index (χ1n) is 9.28. The summed E-state index contributed by atoms with van der Waals surface area (Å²) in [5.41, 5.74) is 2.89. The first-order chi connectivity index (χ1) is 14.2. The Kier molecular flexibility index (Phi) is 4.69. The predicted molar refractivity (Wildman–Crippen MR) is 118 cm³/mol. The van der Waals surface area contributed by atoms with Crippen LogP contribution in [0.4, 0.5) is 0 Å². The number of fused-ring (bicyclic) bond motifs is 2. The minimum atomic E-state index is -0.335. The standard InChI is InChI=1S/C22H18N4OS2/c1-14-11-12-28-19(14)20-23-17-10-6-5-9-16(17)18-21(27)24-22(25-26(18)20)29-13-15-7-3-2-4-8-15/h2-12,20H,13H2,1H3,(H,24,25,27)/t20-/m1/s1. The molecule has 7 heteroatoms. The zero-order valence-electron chi connectivity index (χ0n) is 15.7. The maximum absolute atomic E-state index is 13.1. The van der Waals surface area contributed by atoms with Gasteiger partial charge in [-0.25, -0.2) is 5.01 Å². The van der Waals surface area contributed by atoms with Crippen LogP contribution in [0.15, 0.2) is 76.1 Å². The number of para-hydroxylation sites is 1. The lowest BCUT2D eigenvalue weighted by Crippen LogP contribution is -2.50. The van der Waals surface area contributed by atoms with Crippen LogP contribution in [0.1, 0.15) is 22.2 Å². The second kappa shape index (κ2) is 7.50. The van der Waals surface area contributed by atoms with Gasteiger partial charge in [0.1, 0.15) is 5.70 Å². The number of hydrogen-bond donors (Lipinski definition) is 1. The molecule has 0 radical (unpaired) electrons. The number of amidine groups is 1. The molecule has 5 nitrogen and oxygen atoms in total. The van der Waals surface area contributed by atoms with Crippen molar-refractivity contribution in [3.8, 4) is 0 Å². The summed E-state index contributed by atoms with van der Waals surface area (Å²) in [7, 11) is 0. The van der Waals surface area contributed by atoms with Crippen molar-refractivity contribution in [2.75, 3.05) is 0 Å². The fourth-order valence-electron chi connectivity index (χ4n) is 3.44. The van der Waals surface area contributed by atoms with E-state index in [-0.39, 0.29) is 12.1 Å². The number of nitrogens with zero attached hydrogens (tertiary/aromatic N) is 3. The molecular weight excluding hydrogens is 400 g/mol. The largest absolute Gasteiger partial charge is 0.298 e. The van der Waals surface area contributed by atoms with Gasteiger partial charge in [-0.3, -0.25) is 15.1 Å². The van der Waals surface area contributed by atoms with Crippen LogP contribution in [-0.2, 0) is 10.5 Å². The molecule has 5 rings (SSSR count). The summed E-state index contributed by atoms with van der Waals surface area (Å²) in [5.74, 6) is 0.594. The van der Waals surface area contributed by atoms with Gasteiger partial charge in [-0.05, 0) is 35.6 Å². The average molecular weight is 419 g/mol. The Morgan fingerprint density at radius 1 is 1.10 bits per heavy atom. The van der Waals surface area contributed by atoms with E-state index < -0.39 is 0 Å². The summed E-state index contributed by atoms with van der Waals surface area (Å²) in [6, 6.07) is 20.0. The summed E-state index contributed by atoms with van der Waals surface area (Å²) in [4.78, 5) is 19.1. The van der Waals surface area contributed by atoms with Crippen LogP contribution >= 0.6 is 23.1 Å². The van der Waals surface area contributed by atoms with E-state index in [4.69, 9.17) is 10.1 Å². The van der Waals surface area contributed by atoms with Crippen LogP contribution in [0, 0.1) is 6.92 Å². The molecule has 0 unspecified atom stereocenters. The molecule has 1 atom stereocenters. The molecule has 0 fully saturated rings. The fourth-order valence-corrected chi connectivity index (χ4v) is 5.19. The third kappa shape index (κ3) is 3.36. The van der Waals surface area contributed by atoms with E-state index >= 15 is 0 Å². The molecular formula is C22H18N4OS2. The molecule has 1 amide bonds. The third-order valence-corrected chi connectivity index (χ3v) is 6.86. The molecule has 3 aromatic rings. The summed E-state index contributed by atoms with van der Waals surface area (Å²) in [6.07, 6.45) is -0.335. The summed E-state index contributed by atoms with van der Waals surface area (Å²) >= 11 is 3.16. The van der Waals surface area contributed by atoms with E-state index in [2.05, 4.69) is 35.8 Å². The number of carbonyl (C=O) groups is 1. The van der Waals surface area contributed by atoms with E-state index in [9.17, 15) is 4.79 Å². The highest BCUT2D eigenvalue weighted by molar-refractivity contribution is 8.13. The summed E-state index contributed by atoms with van der Waals surface area (Å²) in [5, 5.41) is 13.8. The quantitative estimate of drug-likeness (QED) is 0.711. The van der Waals surface area contributed by atoms with Crippen molar-refractivity contribution in [2.24, 2.45) is 10.1 Å². The number of carbonyl (C=O) groups excluding carboxylic acids is 1. The Hall–Kier alpha value is -2.90. The Morgan fingerprint density at radius 3 is 2.69 bits per heavy atom. The smallest absolute Gasteiger partial charge is 0.276 e. The van der Waals surface area contributed by atoms with Gasteiger partial charge in [-0.2, -0.15) is 0 Å². The average Bonchev–Trinajstić information content (AvgIpc) is 3.18. The van der Waals surface area contributed by atoms with E-state index in [0.717, 1.165) is 26.8 Å². The Bertz CT molecular complexity index is 1230. The van der Waals surface area contributed by atoms with Crippen LogP contribution in [0.3, 0.4) is 0 Å². The zero-order valence-corrected chi connectivity index (χ0v) is 17.3. The van der Waals surface area contributed by atoms with Gasteiger partial charge in [-0.15, -0.1) is 16.4 Å². The van der Waals surface area contributed by atoms with Crippen molar-refractivity contribution in [3.63, 3.8) is 0 Å². The zero-order chi connectivity index (χ0) is 19.8. The van der Waals surface area contributed by atoms with Crippen molar-refractivity contribution < 1.29 is 4.79 Å². The lowest BCUT2D eigenvalue weighted by molar-refractivity contribution is -0.116. The van der Waals surface area contributed by atoms with Crippen LogP contribution in [0.5, 0.6) is 0 Å². The van der Waals surface area contributed by atoms with E-state index in [1.165, 1.54) is 17.3 Å². The number of thioether (sulfide) groups is 1. The molecule has 1 N–H and O–H groups in total. The van der Waals surface area contributed by atoms with Gasteiger partial charge in [0.25, 0.3) is 5.91 Å². The van der Waals surface area contributed by atoms with Gasteiger partial charge in [0, 0.05) is 11.0 Å². The first kappa shape index (κ1) is 18.1. The fraction of sp³-hybridized carbons (Fsp3) is 0.136. The number of amides is 1. The molecule has 144 valence electrons. The summed E-state index contributed by atoms with van der Waals surface area (Å²) < 4.78 is 0. The van der Waals surface area contributed by atoms with Gasteiger partial charge in [0.15, 0.2) is 11.3 Å². The highest BCUT2D eigenvalue weighted by atomic mass is 32.2. The van der Waals surface area contributed by atoms with Crippen LogP contribution < -0.4 is 15.9 Å². The second-order valence-electron chi connectivity index (χ2n) is 6.81. The normalized spacial score (nSPS) is 17.8. The van der Waals surface area contributed by atoms with Crippen molar-refractivity contribution in [3.05, 3.63) is 92.6 Å². The number of aryl methyl sites for hydroxylation is 1. The van der Waals surface area contributed by atoms with E-state index in [1.54, 1.807) is 16.3 Å². The van der Waals surface area contributed by atoms with Crippen molar-refractivity contribution >= 4 is 39.9 Å². The first-order valence-corrected chi connectivity index (χ1v) is 11.1. The molecule has 3 heterocycles.